The van der Waals surface area contributed by atoms with Crippen molar-refractivity contribution in [2.75, 3.05) is 7.11 Å². The highest BCUT2D eigenvalue weighted by molar-refractivity contribution is 5.83. The normalized spacial score (nSPS) is 11.3. The monoisotopic (exact) mass is 269 g/mol. The molecule has 0 saturated carbocycles. The number of methoxy groups -OCH3 is 1. The van der Waals surface area contributed by atoms with Crippen LogP contribution in [0.5, 0.6) is 0 Å². The molecule has 0 aliphatic carbocycles. The van der Waals surface area contributed by atoms with E-state index in [2.05, 4.69) is 10.1 Å². The number of ether oxygens (including phenoxy) is 1. The van der Waals surface area contributed by atoms with Crippen molar-refractivity contribution in [2.24, 2.45) is 5.41 Å². The topological polar surface area (TPSA) is 72.5 Å². The molecule has 1 N–H and O–H groups in total. The van der Waals surface area contributed by atoms with E-state index in [1.807, 2.05) is 13.8 Å². The highest BCUT2D eigenvalue weighted by Gasteiger charge is 2.15. The lowest BCUT2D eigenvalue weighted by Gasteiger charge is -2.15. The maximum Gasteiger partial charge on any atom is 0.331 e. The van der Waals surface area contributed by atoms with Crippen molar-refractivity contribution in [3.05, 3.63) is 12.3 Å². The number of amides is 1. The van der Waals surface area contributed by atoms with E-state index in [1.54, 1.807) is 0 Å². The molecule has 0 saturated heterocycles. The molecule has 5 heteroatoms. The maximum absolute atomic E-state index is 11.4. The highest BCUT2D eigenvalue weighted by atomic mass is 16.5. The van der Waals surface area contributed by atoms with Gasteiger partial charge in [-0.05, 0) is 12.8 Å². The minimum atomic E-state index is -0.503. The predicted octanol–water partition coefficient (Wildman–Crippen LogP) is 1.96. The Bertz CT molecular complexity index is 334. The molecular weight excluding hydrogens is 246 g/mol. The van der Waals surface area contributed by atoms with Gasteiger partial charge >= 0.3 is 5.97 Å². The summed E-state index contributed by atoms with van der Waals surface area (Å²) in [5.41, 5.74) is -0.272. The lowest BCUT2D eigenvalue weighted by Crippen LogP contribution is -2.17. The standard InChI is InChI=1S/C14H23NO4/c1-14(2,11-16)9-6-4-5-7-12(17)15-10-8-13(18)19-3/h8,10-11H,4-7,9H2,1-3H3,(H,15,17)/b10-8+. The number of rotatable bonds is 9. The molecule has 0 unspecified atom stereocenters. The number of carbonyl (C=O) groups excluding carboxylic acids is 3. The van der Waals surface area contributed by atoms with Crippen LogP contribution in [-0.4, -0.2) is 25.3 Å². The molecule has 19 heavy (non-hydrogen) atoms. The van der Waals surface area contributed by atoms with Crippen molar-refractivity contribution >= 4 is 18.2 Å². The van der Waals surface area contributed by atoms with Crippen molar-refractivity contribution < 1.29 is 19.1 Å². The van der Waals surface area contributed by atoms with Crippen molar-refractivity contribution in [3.8, 4) is 0 Å². The van der Waals surface area contributed by atoms with Crippen LogP contribution in [0.1, 0.15) is 46.0 Å². The summed E-state index contributed by atoms with van der Waals surface area (Å²) in [5.74, 6) is -0.633. The van der Waals surface area contributed by atoms with Gasteiger partial charge in [0.15, 0.2) is 0 Å². The molecule has 0 aliphatic rings. The molecule has 0 aromatic rings. The Kier molecular flexibility index (Phi) is 8.49. The number of hydrogen-bond donors (Lipinski definition) is 1. The van der Waals surface area contributed by atoms with Gasteiger partial charge in [0.25, 0.3) is 0 Å². The largest absolute Gasteiger partial charge is 0.466 e. The molecule has 0 spiro atoms. The lowest BCUT2D eigenvalue weighted by molar-refractivity contribution is -0.134. The predicted molar refractivity (Wildman–Crippen MR) is 72.2 cm³/mol. The van der Waals surface area contributed by atoms with E-state index in [4.69, 9.17) is 0 Å². The highest BCUT2D eigenvalue weighted by Crippen LogP contribution is 2.20. The van der Waals surface area contributed by atoms with Gasteiger partial charge in [-0.15, -0.1) is 0 Å². The molecule has 0 heterocycles. The Morgan fingerprint density at radius 2 is 1.89 bits per heavy atom. The Hall–Kier alpha value is -1.65. The summed E-state index contributed by atoms with van der Waals surface area (Å²) in [7, 11) is 1.27. The van der Waals surface area contributed by atoms with Gasteiger partial charge < -0.3 is 14.8 Å². The number of nitrogens with one attached hydrogen (secondary N) is 1. The molecule has 5 nitrogen and oxygen atoms in total. The summed E-state index contributed by atoms with van der Waals surface area (Å²) < 4.78 is 4.38. The van der Waals surface area contributed by atoms with Gasteiger partial charge in [-0.25, -0.2) is 4.79 Å². The Balaban J connectivity index is 3.62. The summed E-state index contributed by atoms with van der Waals surface area (Å²) in [6, 6.07) is 0. The summed E-state index contributed by atoms with van der Waals surface area (Å²) in [6.07, 6.45) is 7.26. The Labute approximate surface area is 114 Å². The van der Waals surface area contributed by atoms with Crippen LogP contribution in [0.2, 0.25) is 0 Å². The number of carbonyl (C=O) groups is 3. The fourth-order valence-electron chi connectivity index (χ4n) is 1.44. The van der Waals surface area contributed by atoms with Gasteiger partial charge in [-0.3, -0.25) is 4.79 Å². The second-order valence-corrected chi connectivity index (χ2v) is 5.09. The molecule has 1 amide bonds. The third kappa shape index (κ3) is 10.00. The number of esters is 1. The molecule has 0 rings (SSSR count). The van der Waals surface area contributed by atoms with Crippen LogP contribution >= 0.6 is 0 Å². The van der Waals surface area contributed by atoms with Crippen LogP contribution in [0.25, 0.3) is 0 Å². The second kappa shape index (κ2) is 9.30. The quantitative estimate of drug-likeness (QED) is 0.300. The average molecular weight is 269 g/mol. The molecule has 0 aromatic carbocycles. The zero-order chi connectivity index (χ0) is 14.7. The zero-order valence-electron chi connectivity index (χ0n) is 11.9. The molecule has 0 aromatic heterocycles. The van der Waals surface area contributed by atoms with Crippen LogP contribution in [0.15, 0.2) is 12.3 Å². The van der Waals surface area contributed by atoms with Crippen LogP contribution in [-0.2, 0) is 19.1 Å². The van der Waals surface area contributed by atoms with Crippen molar-refractivity contribution in [2.45, 2.75) is 46.0 Å². The fraction of sp³-hybridized carbons (Fsp3) is 0.643. The van der Waals surface area contributed by atoms with Crippen LogP contribution in [0, 0.1) is 5.41 Å². The van der Waals surface area contributed by atoms with Crippen molar-refractivity contribution in [1.29, 1.82) is 0 Å². The molecule has 0 atom stereocenters. The first-order valence-corrected chi connectivity index (χ1v) is 6.41. The minimum Gasteiger partial charge on any atom is -0.466 e. The Morgan fingerprint density at radius 3 is 2.47 bits per heavy atom. The first-order chi connectivity index (χ1) is 8.91. The minimum absolute atomic E-state index is 0.130. The smallest absolute Gasteiger partial charge is 0.331 e. The SMILES string of the molecule is COC(=O)/C=C/NC(=O)CCCCCC(C)(C)C=O. The van der Waals surface area contributed by atoms with Gasteiger partial charge in [0.05, 0.1) is 7.11 Å². The van der Waals surface area contributed by atoms with Crippen LogP contribution in [0.3, 0.4) is 0 Å². The van der Waals surface area contributed by atoms with Gasteiger partial charge in [0.2, 0.25) is 5.91 Å². The van der Waals surface area contributed by atoms with Crippen molar-refractivity contribution in [3.63, 3.8) is 0 Å². The zero-order valence-corrected chi connectivity index (χ0v) is 11.9. The van der Waals surface area contributed by atoms with Gasteiger partial charge in [0, 0.05) is 24.1 Å². The lowest BCUT2D eigenvalue weighted by atomic mass is 9.89. The third-order valence-corrected chi connectivity index (χ3v) is 2.71. The first kappa shape index (κ1) is 17.4. The van der Waals surface area contributed by atoms with E-state index in [-0.39, 0.29) is 11.3 Å². The van der Waals surface area contributed by atoms with E-state index < -0.39 is 5.97 Å². The van der Waals surface area contributed by atoms with E-state index in [0.29, 0.717) is 6.42 Å². The number of unbranched alkanes of at least 4 members (excludes halogenated alkanes) is 2. The first-order valence-electron chi connectivity index (χ1n) is 6.41. The maximum atomic E-state index is 11.4. The fourth-order valence-corrected chi connectivity index (χ4v) is 1.44. The molecule has 0 radical (unpaired) electrons. The molecule has 108 valence electrons. The van der Waals surface area contributed by atoms with Crippen molar-refractivity contribution in [1.82, 2.24) is 5.32 Å². The van der Waals surface area contributed by atoms with Crippen LogP contribution < -0.4 is 5.32 Å². The average Bonchev–Trinajstić information content (AvgIpc) is 2.38. The molecule has 0 fully saturated rings. The third-order valence-electron chi connectivity index (χ3n) is 2.71. The van der Waals surface area contributed by atoms with E-state index >= 15 is 0 Å². The van der Waals surface area contributed by atoms with Gasteiger partial charge in [-0.1, -0.05) is 26.7 Å². The molecule has 0 bridgehead atoms. The van der Waals surface area contributed by atoms with Gasteiger partial charge in [-0.2, -0.15) is 0 Å². The number of aldehydes is 1. The molecule has 0 aliphatic heterocycles. The number of hydrogen-bond acceptors (Lipinski definition) is 4. The second-order valence-electron chi connectivity index (χ2n) is 5.09. The van der Waals surface area contributed by atoms with E-state index in [0.717, 1.165) is 38.0 Å². The van der Waals surface area contributed by atoms with E-state index in [1.165, 1.54) is 13.3 Å². The summed E-state index contributed by atoms with van der Waals surface area (Å²) in [5, 5.41) is 2.49. The van der Waals surface area contributed by atoms with E-state index in [9.17, 15) is 14.4 Å². The van der Waals surface area contributed by atoms with Crippen LogP contribution in [0.4, 0.5) is 0 Å². The Morgan fingerprint density at radius 1 is 1.21 bits per heavy atom. The molecular formula is C14H23NO4. The summed E-state index contributed by atoms with van der Waals surface area (Å²) >= 11 is 0. The summed E-state index contributed by atoms with van der Waals surface area (Å²) in [6.45, 7) is 3.81. The summed E-state index contributed by atoms with van der Waals surface area (Å²) in [4.78, 5) is 32.8. The van der Waals surface area contributed by atoms with Gasteiger partial charge in [0.1, 0.15) is 6.29 Å².